The van der Waals surface area contributed by atoms with Crippen LogP contribution in [0.25, 0.3) is 0 Å². The largest absolute Gasteiger partial charge is 0.469 e. The molecule has 2 bridgehead atoms. The van der Waals surface area contributed by atoms with Crippen molar-refractivity contribution >= 4 is 18.2 Å². The first-order chi connectivity index (χ1) is 14.2. The number of allylic oxidation sites excluding steroid dienone is 1. The van der Waals surface area contributed by atoms with E-state index < -0.39 is 0 Å². The van der Waals surface area contributed by atoms with Crippen LogP contribution in [-0.4, -0.2) is 31.9 Å². The minimum Gasteiger partial charge on any atom is -0.469 e. The van der Waals surface area contributed by atoms with Gasteiger partial charge in [0.25, 0.3) is 0 Å². The number of esters is 2. The Morgan fingerprint density at radius 2 is 1.73 bits per heavy atom. The number of fused-ring (bicyclic) bond motifs is 3. The summed E-state index contributed by atoms with van der Waals surface area (Å²) in [5, 5.41) is 0. The number of ether oxygens (including phenoxy) is 2. The monoisotopic (exact) mass is 416 g/mol. The van der Waals surface area contributed by atoms with Gasteiger partial charge < -0.3 is 14.3 Å². The van der Waals surface area contributed by atoms with Crippen LogP contribution in [0.5, 0.6) is 0 Å². The van der Waals surface area contributed by atoms with Crippen molar-refractivity contribution in [3.8, 4) is 0 Å². The third-order valence-corrected chi connectivity index (χ3v) is 9.34. The molecule has 4 aliphatic carbocycles. The van der Waals surface area contributed by atoms with E-state index in [1.165, 1.54) is 19.8 Å². The molecule has 3 fully saturated rings. The quantitative estimate of drug-likeness (QED) is 0.359. The molecule has 3 saturated carbocycles. The van der Waals surface area contributed by atoms with Gasteiger partial charge in [-0.3, -0.25) is 9.59 Å². The van der Waals surface area contributed by atoms with E-state index in [1.807, 2.05) is 0 Å². The fraction of sp³-hybridized carbons (Fsp3) is 0.800. The minimum absolute atomic E-state index is 0.0662. The second kappa shape index (κ2) is 7.49. The predicted octanol–water partition coefficient (Wildman–Crippen LogP) is 4.63. The number of rotatable bonds is 6. The highest BCUT2D eigenvalue weighted by Crippen LogP contribution is 2.71. The van der Waals surface area contributed by atoms with Gasteiger partial charge in [-0.05, 0) is 67.6 Å². The van der Waals surface area contributed by atoms with Crippen molar-refractivity contribution in [1.82, 2.24) is 0 Å². The molecule has 0 aromatic carbocycles. The van der Waals surface area contributed by atoms with E-state index >= 15 is 0 Å². The molecule has 0 aromatic heterocycles. The molecule has 0 aliphatic heterocycles. The summed E-state index contributed by atoms with van der Waals surface area (Å²) < 4.78 is 10.2. The topological polar surface area (TPSA) is 69.7 Å². The molecule has 5 heteroatoms. The Morgan fingerprint density at radius 3 is 2.47 bits per heavy atom. The number of aldehydes is 1. The molecule has 1 spiro atoms. The first-order valence-electron chi connectivity index (χ1n) is 11.6. The van der Waals surface area contributed by atoms with Gasteiger partial charge >= 0.3 is 11.9 Å². The Bertz CT molecular complexity index is 759. The van der Waals surface area contributed by atoms with E-state index in [4.69, 9.17) is 4.74 Å². The molecular formula is C25H36O5. The lowest BCUT2D eigenvalue weighted by Crippen LogP contribution is -2.57. The average Bonchev–Trinajstić information content (AvgIpc) is 3.01. The van der Waals surface area contributed by atoms with Crippen molar-refractivity contribution in [2.75, 3.05) is 13.7 Å². The Kier molecular flexibility index (Phi) is 5.39. The lowest BCUT2D eigenvalue weighted by atomic mass is 9.40. The lowest BCUT2D eigenvalue weighted by molar-refractivity contribution is -0.162. The molecule has 0 aromatic rings. The number of hydrogen-bond donors (Lipinski definition) is 0. The third kappa shape index (κ3) is 3.33. The third-order valence-electron chi connectivity index (χ3n) is 9.34. The first-order valence-corrected chi connectivity index (χ1v) is 11.6. The highest BCUT2D eigenvalue weighted by atomic mass is 16.5. The molecule has 0 N–H and O–H groups in total. The summed E-state index contributed by atoms with van der Waals surface area (Å²) in [5.74, 6) is 0.371. The maximum atomic E-state index is 12.1. The fourth-order valence-corrected chi connectivity index (χ4v) is 7.94. The minimum atomic E-state index is -0.384. The number of carbonyl (C=O) groups is 3. The molecule has 0 radical (unpaired) electrons. The lowest BCUT2D eigenvalue weighted by Gasteiger charge is -2.64. The second-order valence-electron chi connectivity index (χ2n) is 11.0. The van der Waals surface area contributed by atoms with E-state index in [-0.39, 0.29) is 46.4 Å². The maximum absolute atomic E-state index is 12.1. The molecule has 4 rings (SSSR count). The van der Waals surface area contributed by atoms with E-state index in [9.17, 15) is 14.4 Å². The molecule has 5 nitrogen and oxygen atoms in total. The van der Waals surface area contributed by atoms with Crippen LogP contribution in [0, 0.1) is 33.5 Å². The molecule has 6 atom stereocenters. The van der Waals surface area contributed by atoms with Gasteiger partial charge in [0.1, 0.15) is 12.9 Å². The number of methoxy groups -OCH3 is 1. The highest BCUT2D eigenvalue weighted by molar-refractivity contribution is 5.77. The zero-order chi connectivity index (χ0) is 21.6. The molecule has 30 heavy (non-hydrogen) atoms. The van der Waals surface area contributed by atoms with Crippen molar-refractivity contribution in [2.24, 2.45) is 33.5 Å². The van der Waals surface area contributed by atoms with Crippen LogP contribution in [0.15, 0.2) is 12.2 Å². The van der Waals surface area contributed by atoms with Gasteiger partial charge in [0.15, 0.2) is 0 Å². The Balaban J connectivity index is 1.45. The summed E-state index contributed by atoms with van der Waals surface area (Å²) in [6, 6.07) is 0. The van der Waals surface area contributed by atoms with Crippen molar-refractivity contribution in [3.05, 3.63) is 12.2 Å². The summed E-state index contributed by atoms with van der Waals surface area (Å²) in [5.41, 5.74) is 0.150. The Morgan fingerprint density at radius 1 is 1.00 bits per heavy atom. The van der Waals surface area contributed by atoms with Crippen LogP contribution in [0.4, 0.5) is 0 Å². The van der Waals surface area contributed by atoms with Crippen LogP contribution >= 0.6 is 0 Å². The molecule has 0 saturated heterocycles. The molecule has 4 aliphatic rings. The van der Waals surface area contributed by atoms with E-state index in [1.54, 1.807) is 0 Å². The average molecular weight is 417 g/mol. The summed E-state index contributed by atoms with van der Waals surface area (Å²) in [7, 11) is 1.33. The van der Waals surface area contributed by atoms with Crippen molar-refractivity contribution in [2.45, 2.75) is 78.1 Å². The molecular weight excluding hydrogens is 380 g/mol. The second-order valence-corrected chi connectivity index (χ2v) is 11.0. The summed E-state index contributed by atoms with van der Waals surface area (Å²) >= 11 is 0. The van der Waals surface area contributed by atoms with Crippen LogP contribution in [0.3, 0.4) is 0 Å². The summed E-state index contributed by atoms with van der Waals surface area (Å²) in [6.07, 6.45) is 15.0. The molecule has 0 amide bonds. The van der Waals surface area contributed by atoms with Crippen molar-refractivity contribution < 1.29 is 23.9 Å². The van der Waals surface area contributed by atoms with Crippen molar-refractivity contribution in [1.29, 1.82) is 0 Å². The summed E-state index contributed by atoms with van der Waals surface area (Å²) in [4.78, 5) is 35.4. The number of hydrogen-bond acceptors (Lipinski definition) is 5. The highest BCUT2D eigenvalue weighted by Gasteiger charge is 2.64. The fourth-order valence-electron chi connectivity index (χ4n) is 7.94. The smallest absolute Gasteiger partial charge is 0.306 e. The number of carbonyl (C=O) groups excluding carboxylic acids is 3. The predicted molar refractivity (Wildman–Crippen MR) is 112 cm³/mol. The van der Waals surface area contributed by atoms with Crippen LogP contribution in [0.1, 0.15) is 78.1 Å². The first kappa shape index (κ1) is 21.6. The maximum Gasteiger partial charge on any atom is 0.306 e. The molecule has 0 heterocycles. The zero-order valence-corrected chi connectivity index (χ0v) is 18.7. The standard InChI is InChI=1S/C25H36O5/c1-22(16-26)9-4-10-23(2)18(22)8-12-25-14-13-24(15-25,11-7-19(23)25)17-30-21(28)6-5-20(27)29-3/h13-14,16,18-19H,4-12,15,17H2,1-3H3/t18-,19+,22+,23-,24+,25+/m1/s1. The van der Waals surface area contributed by atoms with Gasteiger partial charge in [-0.2, -0.15) is 0 Å². The molecule has 166 valence electrons. The van der Waals surface area contributed by atoms with Crippen LogP contribution < -0.4 is 0 Å². The van der Waals surface area contributed by atoms with Gasteiger partial charge in [-0.15, -0.1) is 0 Å². The zero-order valence-electron chi connectivity index (χ0n) is 18.7. The SMILES string of the molecule is COC(=O)CCC(=O)OC[C@]12C=C[C@@]3(CC[C@H]4[C@@](C)(CCC[C@@]4(C)C=O)[C@@H]3CC1)C2. The van der Waals surface area contributed by atoms with Crippen LogP contribution in [-0.2, 0) is 23.9 Å². The van der Waals surface area contributed by atoms with Gasteiger partial charge in [-0.25, -0.2) is 0 Å². The van der Waals surface area contributed by atoms with E-state index in [0.717, 1.165) is 44.9 Å². The summed E-state index contributed by atoms with van der Waals surface area (Å²) in [6.45, 7) is 5.05. The molecule has 0 unspecified atom stereocenters. The normalized spacial score (nSPS) is 44.0. The Hall–Kier alpha value is -1.65. The van der Waals surface area contributed by atoms with Gasteiger partial charge in [0.2, 0.25) is 0 Å². The van der Waals surface area contributed by atoms with Crippen molar-refractivity contribution in [3.63, 3.8) is 0 Å². The Labute approximate surface area is 179 Å². The van der Waals surface area contributed by atoms with Gasteiger partial charge in [-0.1, -0.05) is 32.4 Å². The van der Waals surface area contributed by atoms with Crippen LogP contribution in [0.2, 0.25) is 0 Å². The van der Waals surface area contributed by atoms with Gasteiger partial charge in [0.05, 0.1) is 20.0 Å². The van der Waals surface area contributed by atoms with E-state index in [2.05, 4.69) is 30.7 Å². The van der Waals surface area contributed by atoms with E-state index in [0.29, 0.717) is 18.4 Å². The van der Waals surface area contributed by atoms with Gasteiger partial charge in [0, 0.05) is 10.8 Å².